The molecule has 0 radical (unpaired) electrons. The SMILES string of the molecule is CNS(=O)(=O)c1cc(F)c(Cn2nc(C)c(CC(F)=CCN)c2C)cc1F.Cl. The third-order valence-corrected chi connectivity index (χ3v) is 5.62. The van der Waals surface area contributed by atoms with Gasteiger partial charge in [-0.25, -0.2) is 26.3 Å². The lowest BCUT2D eigenvalue weighted by Gasteiger charge is -2.10. The Bertz CT molecular complexity index is 991. The van der Waals surface area contributed by atoms with Gasteiger partial charge < -0.3 is 5.73 Å². The molecule has 0 aliphatic heterocycles. The summed E-state index contributed by atoms with van der Waals surface area (Å²) in [4.78, 5) is -0.769. The molecule has 1 aromatic heterocycles. The zero-order valence-corrected chi connectivity index (χ0v) is 17.2. The predicted molar refractivity (Wildman–Crippen MR) is 103 cm³/mol. The van der Waals surface area contributed by atoms with Gasteiger partial charge in [-0.1, -0.05) is 0 Å². The second-order valence-corrected chi connectivity index (χ2v) is 7.81. The Kier molecular flexibility index (Phi) is 8.24. The number of aryl methyl sites for hydroxylation is 1. The molecule has 0 saturated carbocycles. The van der Waals surface area contributed by atoms with Crippen molar-refractivity contribution in [3.05, 3.63) is 58.2 Å². The smallest absolute Gasteiger partial charge is 0.243 e. The van der Waals surface area contributed by atoms with Crippen molar-refractivity contribution in [1.82, 2.24) is 14.5 Å². The van der Waals surface area contributed by atoms with E-state index in [-0.39, 0.29) is 37.5 Å². The van der Waals surface area contributed by atoms with Crippen LogP contribution < -0.4 is 10.5 Å². The third-order valence-electron chi connectivity index (χ3n) is 4.20. The minimum atomic E-state index is -4.12. The number of nitrogens with zero attached hydrogens (tertiary/aromatic N) is 2. The van der Waals surface area contributed by atoms with Crippen LogP contribution >= 0.6 is 12.4 Å². The Balaban J connectivity index is 0.00000392. The van der Waals surface area contributed by atoms with Crippen LogP contribution in [0.25, 0.3) is 0 Å². The van der Waals surface area contributed by atoms with Crippen molar-refractivity contribution >= 4 is 22.4 Å². The summed E-state index contributed by atoms with van der Waals surface area (Å²) in [5, 5.41) is 4.25. The summed E-state index contributed by atoms with van der Waals surface area (Å²) in [6.07, 6.45) is 1.26. The normalized spacial score (nSPS) is 12.2. The number of aromatic nitrogens is 2. The van der Waals surface area contributed by atoms with Gasteiger partial charge in [0.1, 0.15) is 22.4 Å². The van der Waals surface area contributed by atoms with Crippen LogP contribution in [0.4, 0.5) is 13.2 Å². The van der Waals surface area contributed by atoms with Gasteiger partial charge in [0.05, 0.1) is 12.2 Å². The van der Waals surface area contributed by atoms with Crippen LogP contribution in [0.2, 0.25) is 0 Å². The molecule has 0 unspecified atom stereocenters. The van der Waals surface area contributed by atoms with Gasteiger partial charge in [0.15, 0.2) is 0 Å². The van der Waals surface area contributed by atoms with E-state index in [1.54, 1.807) is 13.8 Å². The largest absolute Gasteiger partial charge is 0.327 e. The number of sulfonamides is 1. The van der Waals surface area contributed by atoms with Crippen molar-refractivity contribution in [1.29, 1.82) is 0 Å². The molecule has 0 aliphatic carbocycles. The number of nitrogens with one attached hydrogen (secondary N) is 1. The van der Waals surface area contributed by atoms with Crippen LogP contribution in [0.15, 0.2) is 28.9 Å². The summed E-state index contributed by atoms with van der Waals surface area (Å²) >= 11 is 0. The summed E-state index contributed by atoms with van der Waals surface area (Å²) < 4.78 is 69.1. The molecule has 0 atom stereocenters. The predicted octanol–water partition coefficient (Wildman–Crippen LogP) is 2.51. The first-order chi connectivity index (χ1) is 12.6. The van der Waals surface area contributed by atoms with Crippen molar-refractivity contribution in [3.63, 3.8) is 0 Å². The number of hydrogen-bond donors (Lipinski definition) is 2. The highest BCUT2D eigenvalue weighted by molar-refractivity contribution is 7.89. The maximum absolute atomic E-state index is 14.3. The summed E-state index contributed by atoms with van der Waals surface area (Å²) in [7, 11) is -3.01. The van der Waals surface area contributed by atoms with Crippen molar-refractivity contribution in [2.75, 3.05) is 13.6 Å². The molecule has 156 valence electrons. The maximum Gasteiger partial charge on any atom is 0.243 e. The summed E-state index contributed by atoms with van der Waals surface area (Å²) in [6.45, 7) is 3.33. The fourth-order valence-corrected chi connectivity index (χ4v) is 3.48. The summed E-state index contributed by atoms with van der Waals surface area (Å²) in [5.74, 6) is -2.35. The van der Waals surface area contributed by atoms with Crippen molar-refractivity contribution < 1.29 is 21.6 Å². The van der Waals surface area contributed by atoms with Crippen LogP contribution in [0, 0.1) is 25.5 Å². The average molecular weight is 439 g/mol. The number of allylic oxidation sites excluding steroid dienone is 1. The highest BCUT2D eigenvalue weighted by Gasteiger charge is 2.21. The number of rotatable bonds is 7. The number of hydrogen-bond acceptors (Lipinski definition) is 4. The van der Waals surface area contributed by atoms with E-state index in [4.69, 9.17) is 5.73 Å². The first-order valence-electron chi connectivity index (χ1n) is 8.09. The zero-order valence-electron chi connectivity index (χ0n) is 15.6. The Morgan fingerprint density at radius 2 is 1.93 bits per heavy atom. The minimum Gasteiger partial charge on any atom is -0.327 e. The van der Waals surface area contributed by atoms with Gasteiger partial charge >= 0.3 is 0 Å². The van der Waals surface area contributed by atoms with E-state index in [1.165, 1.54) is 10.8 Å². The molecule has 1 aromatic carbocycles. The van der Waals surface area contributed by atoms with E-state index in [9.17, 15) is 21.6 Å². The molecule has 0 spiro atoms. The number of halogens is 4. The van der Waals surface area contributed by atoms with Gasteiger partial charge in [-0.05, 0) is 39.1 Å². The van der Waals surface area contributed by atoms with Crippen molar-refractivity contribution in [2.45, 2.75) is 31.7 Å². The Labute approximate surface area is 168 Å². The van der Waals surface area contributed by atoms with Crippen LogP contribution in [-0.2, 0) is 23.0 Å². The van der Waals surface area contributed by atoms with Gasteiger partial charge in [0.25, 0.3) is 0 Å². The van der Waals surface area contributed by atoms with Gasteiger partial charge in [0.2, 0.25) is 10.0 Å². The average Bonchev–Trinajstić information content (AvgIpc) is 2.85. The first kappa shape index (κ1) is 24.2. The Hall–Kier alpha value is -1.88. The van der Waals surface area contributed by atoms with Gasteiger partial charge in [-0.3, -0.25) is 4.68 Å². The van der Waals surface area contributed by atoms with E-state index >= 15 is 0 Å². The number of nitrogens with two attached hydrogens (primary N) is 1. The van der Waals surface area contributed by atoms with E-state index < -0.39 is 32.4 Å². The molecule has 1 heterocycles. The Morgan fingerprint density at radius 1 is 1.29 bits per heavy atom. The standard InChI is InChI=1S/C17H21F3N4O2S.ClH/c1-10-14(7-13(18)4-5-21)11(2)24(23-10)9-12-6-16(20)17(8-15(12)19)27(25,26)22-3;/h4,6,8,22H,5,7,9,21H2,1-3H3;1H. The minimum absolute atomic E-state index is 0. The van der Waals surface area contributed by atoms with Gasteiger partial charge in [-0.2, -0.15) is 5.10 Å². The van der Waals surface area contributed by atoms with Crippen molar-refractivity contribution in [3.8, 4) is 0 Å². The van der Waals surface area contributed by atoms with E-state index in [2.05, 4.69) is 5.10 Å². The highest BCUT2D eigenvalue weighted by atomic mass is 35.5. The van der Waals surface area contributed by atoms with Crippen LogP contribution in [0.5, 0.6) is 0 Å². The fraction of sp³-hybridized carbons (Fsp3) is 0.353. The number of benzene rings is 1. The summed E-state index contributed by atoms with van der Waals surface area (Å²) in [5.41, 5.74) is 7.00. The Morgan fingerprint density at radius 3 is 2.50 bits per heavy atom. The third kappa shape index (κ3) is 5.13. The molecule has 2 rings (SSSR count). The van der Waals surface area contributed by atoms with Gasteiger partial charge in [0, 0.05) is 29.8 Å². The van der Waals surface area contributed by atoms with E-state index in [1.807, 2.05) is 4.72 Å². The van der Waals surface area contributed by atoms with Crippen LogP contribution in [-0.4, -0.2) is 31.8 Å². The van der Waals surface area contributed by atoms with Crippen molar-refractivity contribution in [2.24, 2.45) is 5.73 Å². The molecular formula is C17H22ClF3N4O2S. The highest BCUT2D eigenvalue weighted by Crippen LogP contribution is 2.23. The molecular weight excluding hydrogens is 417 g/mol. The lowest BCUT2D eigenvalue weighted by atomic mass is 10.1. The first-order valence-corrected chi connectivity index (χ1v) is 9.58. The zero-order chi connectivity index (χ0) is 20.4. The quantitative estimate of drug-likeness (QED) is 0.695. The molecule has 28 heavy (non-hydrogen) atoms. The summed E-state index contributed by atoms with van der Waals surface area (Å²) in [6, 6.07) is 1.46. The second-order valence-electron chi connectivity index (χ2n) is 5.95. The van der Waals surface area contributed by atoms with E-state index in [0.29, 0.717) is 23.0 Å². The molecule has 0 amide bonds. The lowest BCUT2D eigenvalue weighted by molar-refractivity contribution is 0.533. The lowest BCUT2D eigenvalue weighted by Crippen LogP contribution is -2.20. The molecule has 0 saturated heterocycles. The fourth-order valence-electron chi connectivity index (χ4n) is 2.68. The molecule has 2 aromatic rings. The van der Waals surface area contributed by atoms with Gasteiger partial charge in [-0.15, -0.1) is 12.4 Å². The molecule has 3 N–H and O–H groups in total. The second kappa shape index (κ2) is 9.55. The van der Waals surface area contributed by atoms with Crippen LogP contribution in [0.1, 0.15) is 22.5 Å². The van der Waals surface area contributed by atoms with Crippen LogP contribution in [0.3, 0.4) is 0 Å². The molecule has 0 bridgehead atoms. The monoisotopic (exact) mass is 438 g/mol. The molecule has 6 nitrogen and oxygen atoms in total. The molecule has 0 fully saturated rings. The maximum atomic E-state index is 14.3. The molecule has 0 aliphatic rings. The molecule has 11 heteroatoms. The topological polar surface area (TPSA) is 90.0 Å². The van der Waals surface area contributed by atoms with E-state index in [0.717, 1.165) is 13.1 Å².